The minimum absolute atomic E-state index is 0.862. The average molecular weight is 252 g/mol. The van der Waals surface area contributed by atoms with Crippen molar-refractivity contribution in [3.8, 4) is 0 Å². The summed E-state index contributed by atoms with van der Waals surface area (Å²) in [6.45, 7) is 0.862. The lowest BCUT2D eigenvalue weighted by Gasteiger charge is -2.06. The van der Waals surface area contributed by atoms with Gasteiger partial charge in [0.2, 0.25) is 5.95 Å². The van der Waals surface area contributed by atoms with Crippen LogP contribution >= 0.6 is 0 Å². The van der Waals surface area contributed by atoms with Crippen LogP contribution in [0.1, 0.15) is 5.56 Å². The fourth-order valence-electron chi connectivity index (χ4n) is 2.17. The number of aryl methyl sites for hydroxylation is 1. The van der Waals surface area contributed by atoms with Crippen LogP contribution in [0.2, 0.25) is 0 Å². The van der Waals surface area contributed by atoms with Gasteiger partial charge >= 0.3 is 0 Å². The highest BCUT2D eigenvalue weighted by molar-refractivity contribution is 5.78. The van der Waals surface area contributed by atoms with E-state index in [-0.39, 0.29) is 0 Å². The fraction of sp³-hybridized carbons (Fsp3) is 0.200. The minimum Gasteiger partial charge on any atom is -0.355 e. The summed E-state index contributed by atoms with van der Waals surface area (Å²) in [6, 6.07) is 12.2. The van der Waals surface area contributed by atoms with Crippen LogP contribution in [-0.2, 0) is 13.5 Å². The third-order valence-corrected chi connectivity index (χ3v) is 3.23. The highest BCUT2D eigenvalue weighted by Gasteiger charge is 2.05. The monoisotopic (exact) mass is 252 g/mol. The molecule has 0 aliphatic carbocycles. The second kappa shape index (κ2) is 5.10. The predicted octanol–water partition coefficient (Wildman–Crippen LogP) is 2.62. The van der Waals surface area contributed by atoms with Crippen molar-refractivity contribution < 1.29 is 0 Å². The normalized spacial score (nSPS) is 10.8. The topological polar surface area (TPSA) is 42.7 Å². The van der Waals surface area contributed by atoms with Crippen LogP contribution in [0, 0.1) is 0 Å². The number of para-hydroxylation sites is 2. The number of aromatic nitrogens is 3. The summed E-state index contributed by atoms with van der Waals surface area (Å²) in [5.41, 5.74) is 3.45. The van der Waals surface area contributed by atoms with E-state index in [1.807, 2.05) is 49.8 Å². The van der Waals surface area contributed by atoms with E-state index in [1.165, 1.54) is 5.56 Å². The lowest BCUT2D eigenvalue weighted by Crippen LogP contribution is -2.08. The van der Waals surface area contributed by atoms with Gasteiger partial charge in [-0.05, 0) is 36.2 Å². The molecule has 1 aromatic carbocycles. The molecule has 0 bridgehead atoms. The summed E-state index contributed by atoms with van der Waals surface area (Å²) in [7, 11) is 2.03. The summed E-state index contributed by atoms with van der Waals surface area (Å²) in [5, 5.41) is 3.38. The Morgan fingerprint density at radius 1 is 1.11 bits per heavy atom. The van der Waals surface area contributed by atoms with Gasteiger partial charge in [-0.3, -0.25) is 4.98 Å². The van der Waals surface area contributed by atoms with Gasteiger partial charge < -0.3 is 9.88 Å². The molecular weight excluding hydrogens is 236 g/mol. The lowest BCUT2D eigenvalue weighted by molar-refractivity contribution is 0.911. The van der Waals surface area contributed by atoms with Crippen molar-refractivity contribution in [2.24, 2.45) is 7.05 Å². The molecule has 0 spiro atoms. The van der Waals surface area contributed by atoms with E-state index in [0.717, 1.165) is 29.9 Å². The van der Waals surface area contributed by atoms with Gasteiger partial charge in [-0.2, -0.15) is 0 Å². The first kappa shape index (κ1) is 11.7. The molecule has 2 aromatic heterocycles. The predicted molar refractivity (Wildman–Crippen MR) is 77.1 cm³/mol. The van der Waals surface area contributed by atoms with Gasteiger partial charge in [-0.25, -0.2) is 4.98 Å². The average Bonchev–Trinajstić information content (AvgIpc) is 2.78. The van der Waals surface area contributed by atoms with E-state index in [4.69, 9.17) is 0 Å². The number of benzene rings is 1. The SMILES string of the molecule is Cn1c(NCCc2ccncc2)nc2ccccc21. The Morgan fingerprint density at radius 3 is 2.68 bits per heavy atom. The Balaban J connectivity index is 1.70. The molecule has 0 atom stereocenters. The number of rotatable bonds is 4. The standard InChI is InChI=1S/C15H16N4/c1-19-14-5-3-2-4-13(14)18-15(19)17-11-8-12-6-9-16-10-7-12/h2-7,9-10H,8,11H2,1H3,(H,17,18). The number of pyridine rings is 1. The third-order valence-electron chi connectivity index (χ3n) is 3.23. The molecule has 0 unspecified atom stereocenters. The van der Waals surface area contributed by atoms with Crippen LogP contribution in [0.15, 0.2) is 48.8 Å². The Hall–Kier alpha value is -2.36. The van der Waals surface area contributed by atoms with Crippen LogP contribution in [-0.4, -0.2) is 21.1 Å². The summed E-state index contributed by atoms with van der Waals surface area (Å²) >= 11 is 0. The Labute approximate surface area is 112 Å². The van der Waals surface area contributed by atoms with Gasteiger partial charge in [-0.1, -0.05) is 12.1 Å². The number of anilines is 1. The molecule has 4 heteroatoms. The Morgan fingerprint density at radius 2 is 1.89 bits per heavy atom. The quantitative estimate of drug-likeness (QED) is 0.776. The first-order chi connectivity index (χ1) is 9.34. The highest BCUT2D eigenvalue weighted by atomic mass is 15.2. The van der Waals surface area contributed by atoms with Crippen molar-refractivity contribution in [1.29, 1.82) is 0 Å². The molecular formula is C15H16N4. The first-order valence-electron chi connectivity index (χ1n) is 6.39. The lowest BCUT2D eigenvalue weighted by atomic mass is 10.2. The molecule has 1 N–H and O–H groups in total. The molecule has 0 aliphatic heterocycles. The van der Waals surface area contributed by atoms with Crippen molar-refractivity contribution in [1.82, 2.24) is 14.5 Å². The zero-order chi connectivity index (χ0) is 13.1. The van der Waals surface area contributed by atoms with E-state index in [9.17, 15) is 0 Å². The minimum atomic E-state index is 0.862. The highest BCUT2D eigenvalue weighted by Crippen LogP contribution is 2.17. The molecule has 96 valence electrons. The van der Waals surface area contributed by atoms with Gasteiger partial charge in [0, 0.05) is 26.0 Å². The van der Waals surface area contributed by atoms with Crippen LogP contribution in [0.4, 0.5) is 5.95 Å². The number of hydrogen-bond donors (Lipinski definition) is 1. The van der Waals surface area contributed by atoms with Crippen LogP contribution in [0.5, 0.6) is 0 Å². The van der Waals surface area contributed by atoms with Gasteiger partial charge in [-0.15, -0.1) is 0 Å². The molecule has 2 heterocycles. The maximum absolute atomic E-state index is 4.58. The van der Waals surface area contributed by atoms with Crippen molar-refractivity contribution in [3.63, 3.8) is 0 Å². The van der Waals surface area contributed by atoms with Crippen LogP contribution in [0.25, 0.3) is 11.0 Å². The molecule has 4 nitrogen and oxygen atoms in total. The number of imidazole rings is 1. The largest absolute Gasteiger partial charge is 0.355 e. The van der Waals surface area contributed by atoms with E-state index >= 15 is 0 Å². The second-order valence-electron chi connectivity index (χ2n) is 4.52. The molecule has 0 saturated heterocycles. The van der Waals surface area contributed by atoms with Crippen molar-refractivity contribution in [2.75, 3.05) is 11.9 Å². The van der Waals surface area contributed by atoms with Gasteiger partial charge in [0.05, 0.1) is 11.0 Å². The van der Waals surface area contributed by atoms with E-state index < -0.39 is 0 Å². The van der Waals surface area contributed by atoms with Gasteiger partial charge in [0.1, 0.15) is 0 Å². The maximum atomic E-state index is 4.58. The number of nitrogens with zero attached hydrogens (tertiary/aromatic N) is 3. The van der Waals surface area contributed by atoms with Crippen LogP contribution in [0.3, 0.4) is 0 Å². The summed E-state index contributed by atoms with van der Waals surface area (Å²) < 4.78 is 2.09. The molecule has 0 aliphatic rings. The molecule has 0 radical (unpaired) electrons. The van der Waals surface area contributed by atoms with E-state index in [2.05, 4.69) is 25.9 Å². The summed E-state index contributed by atoms with van der Waals surface area (Å²) in [4.78, 5) is 8.60. The molecule has 19 heavy (non-hydrogen) atoms. The van der Waals surface area contributed by atoms with Gasteiger partial charge in [0.15, 0.2) is 0 Å². The van der Waals surface area contributed by atoms with Crippen LogP contribution < -0.4 is 5.32 Å². The molecule has 0 amide bonds. The van der Waals surface area contributed by atoms with Crippen molar-refractivity contribution in [3.05, 3.63) is 54.4 Å². The molecule has 3 rings (SSSR count). The Kier molecular flexibility index (Phi) is 3.14. The Bertz CT molecular complexity index is 673. The summed E-state index contributed by atoms with van der Waals surface area (Å²) in [5.74, 6) is 0.912. The van der Waals surface area contributed by atoms with Crippen molar-refractivity contribution in [2.45, 2.75) is 6.42 Å². The van der Waals surface area contributed by atoms with E-state index in [0.29, 0.717) is 0 Å². The summed E-state index contributed by atoms with van der Waals surface area (Å²) in [6.07, 6.45) is 4.61. The first-order valence-corrected chi connectivity index (χ1v) is 6.39. The van der Waals surface area contributed by atoms with Crippen molar-refractivity contribution >= 4 is 17.0 Å². The number of hydrogen-bond acceptors (Lipinski definition) is 3. The smallest absolute Gasteiger partial charge is 0.203 e. The second-order valence-corrected chi connectivity index (χ2v) is 4.52. The zero-order valence-corrected chi connectivity index (χ0v) is 10.9. The molecule has 3 aromatic rings. The van der Waals surface area contributed by atoms with Gasteiger partial charge in [0.25, 0.3) is 0 Å². The molecule has 0 saturated carbocycles. The number of fused-ring (bicyclic) bond motifs is 1. The van der Waals surface area contributed by atoms with E-state index in [1.54, 1.807) is 0 Å². The fourth-order valence-corrected chi connectivity index (χ4v) is 2.17. The molecule has 0 fully saturated rings. The third kappa shape index (κ3) is 2.42. The maximum Gasteiger partial charge on any atom is 0.203 e. The zero-order valence-electron chi connectivity index (χ0n) is 10.9. The number of nitrogens with one attached hydrogen (secondary N) is 1.